The lowest BCUT2D eigenvalue weighted by Gasteiger charge is -2.19. The van der Waals surface area contributed by atoms with E-state index in [1.54, 1.807) is 18.0 Å². The second-order valence-corrected chi connectivity index (χ2v) is 6.11. The van der Waals surface area contributed by atoms with Gasteiger partial charge in [0.15, 0.2) is 0 Å². The number of rotatable bonds is 3. The third-order valence-electron chi connectivity index (χ3n) is 2.03. The fourth-order valence-corrected chi connectivity index (χ4v) is 2.31. The molecule has 1 unspecified atom stereocenters. The standard InChI is InChI=1S/C11H12Br2ClNO/c1-7(14)6-15(2)11(16)9-5-8(12)3-4-10(9)13/h3-5,7H,6H2,1-2H3. The SMILES string of the molecule is CC(Cl)CN(C)C(=O)c1cc(Br)ccc1Br. The van der Waals surface area contributed by atoms with E-state index in [4.69, 9.17) is 11.6 Å². The van der Waals surface area contributed by atoms with Crippen LogP contribution < -0.4 is 0 Å². The highest BCUT2D eigenvalue weighted by Gasteiger charge is 2.16. The normalized spacial score (nSPS) is 12.3. The summed E-state index contributed by atoms with van der Waals surface area (Å²) in [4.78, 5) is 13.7. The maximum absolute atomic E-state index is 12.1. The zero-order valence-electron chi connectivity index (χ0n) is 9.01. The van der Waals surface area contributed by atoms with E-state index in [0.717, 1.165) is 8.95 Å². The number of hydrogen-bond donors (Lipinski definition) is 0. The summed E-state index contributed by atoms with van der Waals surface area (Å²) in [6.07, 6.45) is 0. The molecule has 0 aromatic heterocycles. The summed E-state index contributed by atoms with van der Waals surface area (Å²) in [6.45, 7) is 2.39. The average Bonchev–Trinajstić information content (AvgIpc) is 2.19. The van der Waals surface area contributed by atoms with Crippen molar-refractivity contribution >= 4 is 49.4 Å². The van der Waals surface area contributed by atoms with E-state index in [1.165, 1.54) is 0 Å². The fourth-order valence-electron chi connectivity index (χ4n) is 1.33. The van der Waals surface area contributed by atoms with Crippen LogP contribution in [0.3, 0.4) is 0 Å². The smallest absolute Gasteiger partial charge is 0.254 e. The monoisotopic (exact) mass is 367 g/mol. The van der Waals surface area contributed by atoms with Crippen molar-refractivity contribution in [2.45, 2.75) is 12.3 Å². The van der Waals surface area contributed by atoms with Crippen LogP contribution in [0.2, 0.25) is 0 Å². The Kier molecular flexibility index (Phi) is 5.28. The number of amides is 1. The third kappa shape index (κ3) is 3.75. The number of benzene rings is 1. The highest BCUT2D eigenvalue weighted by Crippen LogP contribution is 2.22. The summed E-state index contributed by atoms with van der Waals surface area (Å²) >= 11 is 12.6. The molecule has 0 aliphatic carbocycles. The minimum Gasteiger partial charge on any atom is -0.340 e. The van der Waals surface area contributed by atoms with E-state index in [1.807, 2.05) is 19.1 Å². The minimum atomic E-state index is -0.0557. The molecule has 0 aliphatic rings. The van der Waals surface area contributed by atoms with Gasteiger partial charge in [0.1, 0.15) is 0 Å². The lowest BCUT2D eigenvalue weighted by Crippen LogP contribution is -2.31. The van der Waals surface area contributed by atoms with Crippen molar-refractivity contribution < 1.29 is 4.79 Å². The summed E-state index contributed by atoms with van der Waals surface area (Å²) in [5, 5.41) is -0.0557. The van der Waals surface area contributed by atoms with Gasteiger partial charge in [0.2, 0.25) is 0 Å². The molecule has 1 amide bonds. The van der Waals surface area contributed by atoms with Crippen LogP contribution in [0, 0.1) is 0 Å². The number of hydrogen-bond acceptors (Lipinski definition) is 1. The van der Waals surface area contributed by atoms with E-state index in [-0.39, 0.29) is 11.3 Å². The predicted molar refractivity (Wildman–Crippen MR) is 74.1 cm³/mol. The molecule has 2 nitrogen and oxygen atoms in total. The summed E-state index contributed by atoms with van der Waals surface area (Å²) < 4.78 is 1.67. The van der Waals surface area contributed by atoms with Crippen LogP contribution in [0.25, 0.3) is 0 Å². The number of carbonyl (C=O) groups excluding carboxylic acids is 1. The van der Waals surface area contributed by atoms with Crippen LogP contribution in [-0.4, -0.2) is 29.8 Å². The van der Waals surface area contributed by atoms with Gasteiger partial charge < -0.3 is 4.90 Å². The quantitative estimate of drug-likeness (QED) is 0.740. The molecule has 88 valence electrons. The number of alkyl halides is 1. The topological polar surface area (TPSA) is 20.3 Å². The molecule has 0 radical (unpaired) electrons. The Morgan fingerprint density at radius 1 is 1.50 bits per heavy atom. The van der Waals surface area contributed by atoms with Crippen molar-refractivity contribution in [1.82, 2.24) is 4.90 Å². The molecule has 0 saturated carbocycles. The maximum atomic E-state index is 12.1. The molecule has 0 bridgehead atoms. The van der Waals surface area contributed by atoms with Crippen LogP contribution in [0.4, 0.5) is 0 Å². The molecular weight excluding hydrogens is 357 g/mol. The van der Waals surface area contributed by atoms with E-state index < -0.39 is 0 Å². The van der Waals surface area contributed by atoms with E-state index in [9.17, 15) is 4.79 Å². The molecule has 0 spiro atoms. The molecule has 0 fully saturated rings. The van der Waals surface area contributed by atoms with Crippen LogP contribution in [0.5, 0.6) is 0 Å². The first kappa shape index (κ1) is 14.0. The lowest BCUT2D eigenvalue weighted by atomic mass is 10.2. The molecule has 1 aromatic rings. The molecule has 5 heteroatoms. The van der Waals surface area contributed by atoms with E-state index >= 15 is 0 Å². The molecular formula is C11H12Br2ClNO. The molecule has 0 N–H and O–H groups in total. The first-order valence-electron chi connectivity index (χ1n) is 4.76. The molecule has 1 rings (SSSR count). The maximum Gasteiger partial charge on any atom is 0.254 e. The van der Waals surface area contributed by atoms with Gasteiger partial charge in [0.25, 0.3) is 5.91 Å². The van der Waals surface area contributed by atoms with Crippen molar-refractivity contribution in [3.05, 3.63) is 32.7 Å². The highest BCUT2D eigenvalue weighted by atomic mass is 79.9. The van der Waals surface area contributed by atoms with Crippen molar-refractivity contribution in [3.8, 4) is 0 Å². The lowest BCUT2D eigenvalue weighted by molar-refractivity contribution is 0.0795. The van der Waals surface area contributed by atoms with Gasteiger partial charge in [-0.2, -0.15) is 0 Å². The molecule has 0 heterocycles. The first-order chi connectivity index (χ1) is 7.41. The van der Waals surface area contributed by atoms with Crippen molar-refractivity contribution in [2.75, 3.05) is 13.6 Å². The molecule has 16 heavy (non-hydrogen) atoms. The first-order valence-corrected chi connectivity index (χ1v) is 6.78. The van der Waals surface area contributed by atoms with Gasteiger partial charge in [-0.25, -0.2) is 0 Å². The third-order valence-corrected chi connectivity index (χ3v) is 3.35. The molecule has 0 aliphatic heterocycles. The highest BCUT2D eigenvalue weighted by molar-refractivity contribution is 9.11. The van der Waals surface area contributed by atoms with Gasteiger partial charge in [-0.1, -0.05) is 15.9 Å². The Hall–Kier alpha value is -0.0600. The van der Waals surface area contributed by atoms with Crippen molar-refractivity contribution in [3.63, 3.8) is 0 Å². The van der Waals surface area contributed by atoms with Gasteiger partial charge in [-0.05, 0) is 41.1 Å². The summed E-state index contributed by atoms with van der Waals surface area (Å²) in [7, 11) is 1.74. The Bertz CT molecular complexity index is 396. The van der Waals surface area contributed by atoms with Crippen LogP contribution in [0.1, 0.15) is 17.3 Å². The number of carbonyl (C=O) groups is 1. The van der Waals surface area contributed by atoms with Crippen molar-refractivity contribution in [2.24, 2.45) is 0 Å². The predicted octanol–water partition coefficient (Wildman–Crippen LogP) is 3.91. The second-order valence-electron chi connectivity index (χ2n) is 3.59. The van der Waals surface area contributed by atoms with Gasteiger partial charge >= 0.3 is 0 Å². The van der Waals surface area contributed by atoms with Crippen LogP contribution >= 0.6 is 43.5 Å². The summed E-state index contributed by atoms with van der Waals surface area (Å²) in [5.41, 5.74) is 0.634. The zero-order valence-corrected chi connectivity index (χ0v) is 12.9. The largest absolute Gasteiger partial charge is 0.340 e. The average molecular weight is 369 g/mol. The number of nitrogens with zero attached hydrogens (tertiary/aromatic N) is 1. The Balaban J connectivity index is 2.91. The van der Waals surface area contributed by atoms with Gasteiger partial charge in [-0.3, -0.25) is 4.79 Å². The Labute approximate surface area is 117 Å². The fraction of sp³-hybridized carbons (Fsp3) is 0.364. The van der Waals surface area contributed by atoms with Gasteiger partial charge in [0.05, 0.1) is 5.56 Å². The Morgan fingerprint density at radius 3 is 2.69 bits per heavy atom. The zero-order chi connectivity index (χ0) is 12.3. The van der Waals surface area contributed by atoms with Crippen LogP contribution in [-0.2, 0) is 0 Å². The van der Waals surface area contributed by atoms with Gasteiger partial charge in [0, 0.05) is 27.9 Å². The van der Waals surface area contributed by atoms with Crippen molar-refractivity contribution in [1.29, 1.82) is 0 Å². The summed E-state index contributed by atoms with van der Waals surface area (Å²) in [6, 6.07) is 5.52. The Morgan fingerprint density at radius 2 is 2.12 bits per heavy atom. The molecule has 1 atom stereocenters. The molecule has 1 aromatic carbocycles. The summed E-state index contributed by atoms with van der Waals surface area (Å²) in [5.74, 6) is -0.0410. The van der Waals surface area contributed by atoms with E-state index in [0.29, 0.717) is 12.1 Å². The number of halogens is 3. The van der Waals surface area contributed by atoms with Gasteiger partial charge in [-0.15, -0.1) is 11.6 Å². The van der Waals surface area contributed by atoms with E-state index in [2.05, 4.69) is 31.9 Å². The van der Waals surface area contributed by atoms with Crippen LogP contribution in [0.15, 0.2) is 27.1 Å². The second kappa shape index (κ2) is 6.03. The molecule has 0 saturated heterocycles. The minimum absolute atomic E-state index is 0.0410.